The number of aromatic nitrogens is 1. The smallest absolute Gasteiger partial charge is 0.416 e. The van der Waals surface area contributed by atoms with Crippen molar-refractivity contribution in [1.29, 1.82) is 0 Å². The molecule has 0 aliphatic rings. The molecule has 1 aromatic carbocycles. The Morgan fingerprint density at radius 3 is 2.70 bits per heavy atom. The molecular weight excluding hydrogens is 269 g/mol. The van der Waals surface area contributed by atoms with Gasteiger partial charge in [0.2, 0.25) is 5.89 Å². The van der Waals surface area contributed by atoms with E-state index in [9.17, 15) is 13.2 Å². The molecule has 0 aliphatic heterocycles. The molecule has 2 rings (SSSR count). The molecular formula is C14H15F3N2O. The number of nitrogens with zero attached hydrogens (tertiary/aromatic N) is 1. The van der Waals surface area contributed by atoms with Gasteiger partial charge in [-0.2, -0.15) is 13.2 Å². The molecule has 3 nitrogen and oxygen atoms in total. The van der Waals surface area contributed by atoms with Crippen molar-refractivity contribution in [2.45, 2.75) is 32.6 Å². The highest BCUT2D eigenvalue weighted by Crippen LogP contribution is 2.29. The fraction of sp³-hybridized carbons (Fsp3) is 0.357. The molecule has 0 bridgehead atoms. The van der Waals surface area contributed by atoms with Gasteiger partial charge in [0.15, 0.2) is 0 Å². The van der Waals surface area contributed by atoms with E-state index in [0.717, 1.165) is 24.3 Å². The van der Waals surface area contributed by atoms with Crippen molar-refractivity contribution in [1.82, 2.24) is 10.3 Å². The maximum absolute atomic E-state index is 12.6. The zero-order chi connectivity index (χ0) is 14.6. The van der Waals surface area contributed by atoms with Crippen LogP contribution in [0.4, 0.5) is 13.2 Å². The summed E-state index contributed by atoms with van der Waals surface area (Å²) in [6.45, 7) is 2.67. The molecule has 0 radical (unpaired) electrons. The summed E-state index contributed by atoms with van der Waals surface area (Å²) in [4.78, 5) is 4.07. The second-order valence-electron chi connectivity index (χ2n) is 4.38. The number of oxazole rings is 1. The van der Waals surface area contributed by atoms with Crippen LogP contribution in [0.1, 0.15) is 29.7 Å². The van der Waals surface area contributed by atoms with Gasteiger partial charge in [-0.15, -0.1) is 0 Å². The maximum Gasteiger partial charge on any atom is 0.416 e. The maximum atomic E-state index is 12.6. The summed E-state index contributed by atoms with van der Waals surface area (Å²) >= 11 is 0. The third-order valence-electron chi connectivity index (χ3n) is 2.81. The Kier molecular flexibility index (Phi) is 4.44. The molecule has 0 fully saturated rings. The number of halogens is 3. The van der Waals surface area contributed by atoms with Gasteiger partial charge in [-0.05, 0) is 11.6 Å². The Labute approximate surface area is 114 Å². The van der Waals surface area contributed by atoms with Crippen molar-refractivity contribution in [2.75, 3.05) is 0 Å². The predicted molar refractivity (Wildman–Crippen MR) is 67.9 cm³/mol. The Hall–Kier alpha value is -1.82. The lowest BCUT2D eigenvalue weighted by Crippen LogP contribution is -2.14. The van der Waals surface area contributed by atoms with Crippen LogP contribution in [-0.4, -0.2) is 4.98 Å². The molecule has 2 aromatic rings. The molecule has 0 aliphatic carbocycles. The van der Waals surface area contributed by atoms with Crippen molar-refractivity contribution in [2.24, 2.45) is 0 Å². The fourth-order valence-corrected chi connectivity index (χ4v) is 1.76. The highest BCUT2D eigenvalue weighted by atomic mass is 19.4. The zero-order valence-corrected chi connectivity index (χ0v) is 11.0. The summed E-state index contributed by atoms with van der Waals surface area (Å²) in [5, 5.41) is 3.01. The summed E-state index contributed by atoms with van der Waals surface area (Å²) in [6, 6.07) is 5.25. The number of hydrogen-bond acceptors (Lipinski definition) is 3. The third kappa shape index (κ3) is 3.84. The summed E-state index contributed by atoms with van der Waals surface area (Å²) < 4.78 is 43.0. The number of rotatable bonds is 5. The third-order valence-corrected chi connectivity index (χ3v) is 2.81. The van der Waals surface area contributed by atoms with Crippen LogP contribution in [0.25, 0.3) is 0 Å². The minimum atomic E-state index is -4.31. The van der Waals surface area contributed by atoms with Crippen LogP contribution in [0, 0.1) is 0 Å². The number of hydrogen-bond donors (Lipinski definition) is 1. The Bertz CT molecular complexity index is 564. The molecule has 6 heteroatoms. The Morgan fingerprint density at radius 1 is 1.25 bits per heavy atom. The second kappa shape index (κ2) is 6.09. The summed E-state index contributed by atoms with van der Waals surface area (Å²) in [5.74, 6) is 1.33. The molecule has 1 N–H and O–H groups in total. The molecule has 0 unspecified atom stereocenters. The first kappa shape index (κ1) is 14.6. The lowest BCUT2D eigenvalue weighted by atomic mass is 10.1. The van der Waals surface area contributed by atoms with Gasteiger partial charge < -0.3 is 9.73 Å². The molecule has 108 valence electrons. The average Bonchev–Trinajstić information content (AvgIpc) is 2.86. The Morgan fingerprint density at radius 2 is 2.05 bits per heavy atom. The van der Waals surface area contributed by atoms with Gasteiger partial charge >= 0.3 is 6.18 Å². The van der Waals surface area contributed by atoms with Crippen LogP contribution >= 0.6 is 0 Å². The van der Waals surface area contributed by atoms with E-state index < -0.39 is 11.7 Å². The highest BCUT2D eigenvalue weighted by Gasteiger charge is 2.30. The lowest BCUT2D eigenvalue weighted by Gasteiger charge is -2.08. The van der Waals surface area contributed by atoms with Gasteiger partial charge in [0.05, 0.1) is 18.3 Å². The monoisotopic (exact) mass is 284 g/mol. The van der Waals surface area contributed by atoms with Crippen molar-refractivity contribution in [3.63, 3.8) is 0 Å². The molecule has 20 heavy (non-hydrogen) atoms. The first-order chi connectivity index (χ1) is 9.49. The van der Waals surface area contributed by atoms with Crippen LogP contribution in [0.5, 0.6) is 0 Å². The van der Waals surface area contributed by atoms with Gasteiger partial charge in [0.25, 0.3) is 0 Å². The Balaban J connectivity index is 1.91. The molecule has 0 spiro atoms. The zero-order valence-electron chi connectivity index (χ0n) is 11.0. The largest absolute Gasteiger partial charge is 0.444 e. The van der Waals surface area contributed by atoms with Gasteiger partial charge in [-0.3, -0.25) is 0 Å². The van der Waals surface area contributed by atoms with E-state index in [-0.39, 0.29) is 0 Å². The van der Waals surface area contributed by atoms with Crippen LogP contribution in [0.3, 0.4) is 0 Å². The highest BCUT2D eigenvalue weighted by molar-refractivity contribution is 5.25. The van der Waals surface area contributed by atoms with Crippen LogP contribution in [-0.2, 0) is 25.7 Å². The van der Waals surface area contributed by atoms with Crippen LogP contribution in [0.2, 0.25) is 0 Å². The molecule has 0 amide bonds. The minimum absolute atomic E-state index is 0.327. The van der Waals surface area contributed by atoms with Crippen LogP contribution < -0.4 is 5.32 Å². The topological polar surface area (TPSA) is 38.1 Å². The van der Waals surface area contributed by atoms with E-state index in [1.165, 1.54) is 6.07 Å². The van der Waals surface area contributed by atoms with Crippen LogP contribution in [0.15, 0.2) is 34.9 Å². The molecule has 0 saturated heterocycles. The first-order valence-corrected chi connectivity index (χ1v) is 6.29. The van der Waals surface area contributed by atoms with Gasteiger partial charge in [-0.25, -0.2) is 4.98 Å². The molecule has 1 heterocycles. The average molecular weight is 284 g/mol. The van der Waals surface area contributed by atoms with Crippen molar-refractivity contribution >= 4 is 0 Å². The lowest BCUT2D eigenvalue weighted by molar-refractivity contribution is -0.137. The van der Waals surface area contributed by atoms with E-state index >= 15 is 0 Å². The molecule has 1 aromatic heterocycles. The summed E-state index contributed by atoms with van der Waals surface area (Å²) in [6.07, 6.45) is -1.89. The summed E-state index contributed by atoms with van der Waals surface area (Å²) in [7, 11) is 0. The van der Waals surface area contributed by atoms with Gasteiger partial charge in [0.1, 0.15) is 5.76 Å². The molecule has 0 atom stereocenters. The van der Waals surface area contributed by atoms with Gasteiger partial charge in [-0.1, -0.05) is 25.1 Å². The second-order valence-corrected chi connectivity index (χ2v) is 4.38. The normalized spacial score (nSPS) is 11.8. The predicted octanol–water partition coefficient (Wildman–Crippen LogP) is 3.55. The fourth-order valence-electron chi connectivity index (χ4n) is 1.76. The minimum Gasteiger partial charge on any atom is -0.444 e. The first-order valence-electron chi connectivity index (χ1n) is 6.29. The van der Waals surface area contributed by atoms with E-state index in [1.54, 1.807) is 12.3 Å². The molecule has 0 saturated carbocycles. The van der Waals surface area contributed by atoms with E-state index in [2.05, 4.69) is 10.3 Å². The van der Waals surface area contributed by atoms with Crippen molar-refractivity contribution in [3.05, 3.63) is 53.2 Å². The number of alkyl halides is 3. The van der Waals surface area contributed by atoms with Crippen molar-refractivity contribution in [3.8, 4) is 0 Å². The quantitative estimate of drug-likeness (QED) is 0.912. The standard InChI is InChI=1S/C14H15F3N2O/c1-2-12-8-19-13(20-12)9-18-7-10-4-3-5-11(6-10)14(15,16)17/h3-6,8,18H,2,7,9H2,1H3. The summed E-state index contributed by atoms with van der Waals surface area (Å²) in [5.41, 5.74) is -0.0664. The van der Waals surface area contributed by atoms with Crippen molar-refractivity contribution < 1.29 is 17.6 Å². The van der Waals surface area contributed by atoms with E-state index in [0.29, 0.717) is 24.5 Å². The number of nitrogens with one attached hydrogen (secondary N) is 1. The SMILES string of the molecule is CCc1cnc(CNCc2cccc(C(F)(F)F)c2)o1. The van der Waals surface area contributed by atoms with E-state index in [4.69, 9.17) is 4.42 Å². The number of benzene rings is 1. The number of aryl methyl sites for hydroxylation is 1. The van der Waals surface area contributed by atoms with Gasteiger partial charge in [0, 0.05) is 13.0 Å². The van der Waals surface area contributed by atoms with E-state index in [1.807, 2.05) is 6.92 Å².